The second-order valence-electron chi connectivity index (χ2n) is 5.15. The number of thiophene rings is 1. The first kappa shape index (κ1) is 11.7. The van der Waals surface area contributed by atoms with Crippen LogP contribution in [0.15, 0.2) is 6.07 Å². The van der Waals surface area contributed by atoms with Crippen molar-refractivity contribution in [1.82, 2.24) is 9.97 Å². The van der Waals surface area contributed by atoms with E-state index in [9.17, 15) is 0 Å². The quantitative estimate of drug-likeness (QED) is 0.858. The van der Waals surface area contributed by atoms with E-state index in [1.165, 1.54) is 17.7 Å². The summed E-state index contributed by atoms with van der Waals surface area (Å²) in [6.07, 6.45) is 2.46. The normalized spacial score (nSPS) is 17.6. The van der Waals surface area contributed by atoms with E-state index in [0.29, 0.717) is 5.95 Å². The van der Waals surface area contributed by atoms with Gasteiger partial charge in [-0.25, -0.2) is 4.98 Å². The standard InChI is InChI=1S/C13H18N4S/c1-8-3-5-17(6-4-8)11-10-7-9(2)18-12(10)16-13(14)15-11/h7-8H,3-6H2,1-2H3,(H2,14,15,16). The van der Waals surface area contributed by atoms with Gasteiger partial charge in [-0.05, 0) is 31.7 Å². The first-order valence-corrected chi connectivity index (χ1v) is 7.24. The van der Waals surface area contributed by atoms with Crippen molar-refractivity contribution in [2.75, 3.05) is 23.7 Å². The molecule has 0 aromatic carbocycles. The lowest BCUT2D eigenvalue weighted by atomic mass is 9.99. The third kappa shape index (κ3) is 2.03. The summed E-state index contributed by atoms with van der Waals surface area (Å²) >= 11 is 1.69. The van der Waals surface area contributed by atoms with Crippen LogP contribution in [0.4, 0.5) is 11.8 Å². The fourth-order valence-corrected chi connectivity index (χ4v) is 3.39. The van der Waals surface area contributed by atoms with Crippen molar-refractivity contribution in [3.63, 3.8) is 0 Å². The Morgan fingerprint density at radius 3 is 2.78 bits per heavy atom. The minimum atomic E-state index is 0.387. The van der Waals surface area contributed by atoms with Gasteiger partial charge in [-0.15, -0.1) is 11.3 Å². The van der Waals surface area contributed by atoms with Crippen LogP contribution in [0.5, 0.6) is 0 Å². The summed E-state index contributed by atoms with van der Waals surface area (Å²) in [6, 6.07) is 2.17. The zero-order valence-corrected chi connectivity index (χ0v) is 11.6. The van der Waals surface area contributed by atoms with E-state index in [4.69, 9.17) is 5.73 Å². The molecular formula is C13H18N4S. The van der Waals surface area contributed by atoms with E-state index < -0.39 is 0 Å². The molecule has 1 aliphatic rings. The first-order chi connectivity index (χ1) is 8.63. The van der Waals surface area contributed by atoms with Crippen LogP contribution in [-0.2, 0) is 0 Å². The van der Waals surface area contributed by atoms with Crippen molar-refractivity contribution in [3.05, 3.63) is 10.9 Å². The van der Waals surface area contributed by atoms with Gasteiger partial charge in [-0.3, -0.25) is 0 Å². The summed E-state index contributed by atoms with van der Waals surface area (Å²) < 4.78 is 0. The van der Waals surface area contributed by atoms with Gasteiger partial charge in [-0.1, -0.05) is 6.92 Å². The summed E-state index contributed by atoms with van der Waals surface area (Å²) in [5.74, 6) is 2.23. The van der Waals surface area contributed by atoms with E-state index in [0.717, 1.165) is 35.0 Å². The Bertz CT molecular complexity index is 570. The summed E-state index contributed by atoms with van der Waals surface area (Å²) in [6.45, 7) is 6.56. The highest BCUT2D eigenvalue weighted by Crippen LogP contribution is 2.32. The van der Waals surface area contributed by atoms with Gasteiger partial charge in [0, 0.05) is 18.0 Å². The summed E-state index contributed by atoms with van der Waals surface area (Å²) in [7, 11) is 0. The Hall–Kier alpha value is -1.36. The second-order valence-corrected chi connectivity index (χ2v) is 6.39. The molecule has 3 rings (SSSR count). The number of fused-ring (bicyclic) bond motifs is 1. The Kier molecular flexibility index (Phi) is 2.86. The minimum Gasteiger partial charge on any atom is -0.368 e. The van der Waals surface area contributed by atoms with Crippen molar-refractivity contribution in [3.8, 4) is 0 Å². The third-order valence-electron chi connectivity index (χ3n) is 3.60. The lowest BCUT2D eigenvalue weighted by molar-refractivity contribution is 0.437. The highest BCUT2D eigenvalue weighted by molar-refractivity contribution is 7.18. The average Bonchev–Trinajstić information content (AvgIpc) is 2.69. The summed E-state index contributed by atoms with van der Waals surface area (Å²) in [5, 5.41) is 1.15. The van der Waals surface area contributed by atoms with Crippen molar-refractivity contribution >= 4 is 33.3 Å². The number of piperidine rings is 1. The van der Waals surface area contributed by atoms with Crippen LogP contribution in [0.25, 0.3) is 10.2 Å². The lowest BCUT2D eigenvalue weighted by Gasteiger charge is -2.31. The predicted molar refractivity (Wildman–Crippen MR) is 77.2 cm³/mol. The van der Waals surface area contributed by atoms with E-state index in [1.54, 1.807) is 11.3 Å². The van der Waals surface area contributed by atoms with Crippen LogP contribution in [0.3, 0.4) is 0 Å². The van der Waals surface area contributed by atoms with E-state index in [1.807, 2.05) is 0 Å². The highest BCUT2D eigenvalue weighted by Gasteiger charge is 2.20. The smallest absolute Gasteiger partial charge is 0.223 e. The molecule has 5 heteroatoms. The Balaban J connectivity index is 2.04. The number of hydrogen-bond donors (Lipinski definition) is 1. The molecular weight excluding hydrogens is 244 g/mol. The van der Waals surface area contributed by atoms with E-state index in [-0.39, 0.29) is 0 Å². The molecule has 2 aromatic heterocycles. The van der Waals surface area contributed by atoms with E-state index >= 15 is 0 Å². The maximum atomic E-state index is 5.83. The van der Waals surface area contributed by atoms with Crippen LogP contribution < -0.4 is 10.6 Å². The average molecular weight is 262 g/mol. The van der Waals surface area contributed by atoms with E-state index in [2.05, 4.69) is 34.8 Å². The van der Waals surface area contributed by atoms with Gasteiger partial charge in [0.25, 0.3) is 0 Å². The molecule has 0 saturated carbocycles. The van der Waals surface area contributed by atoms with Gasteiger partial charge in [0.15, 0.2) is 0 Å². The molecule has 3 heterocycles. The van der Waals surface area contributed by atoms with Crippen LogP contribution in [0.2, 0.25) is 0 Å². The molecule has 96 valence electrons. The zero-order chi connectivity index (χ0) is 12.7. The fraction of sp³-hybridized carbons (Fsp3) is 0.538. The highest BCUT2D eigenvalue weighted by atomic mass is 32.1. The number of hydrogen-bond acceptors (Lipinski definition) is 5. The number of aromatic nitrogens is 2. The molecule has 2 aromatic rings. The molecule has 0 aliphatic carbocycles. The number of anilines is 2. The molecule has 1 aliphatic heterocycles. The molecule has 1 fully saturated rings. The number of nitrogens with two attached hydrogens (primary N) is 1. The van der Waals surface area contributed by atoms with Crippen molar-refractivity contribution in [2.45, 2.75) is 26.7 Å². The number of nitrogens with zero attached hydrogens (tertiary/aromatic N) is 3. The monoisotopic (exact) mass is 262 g/mol. The minimum absolute atomic E-state index is 0.387. The van der Waals surface area contributed by atoms with Crippen LogP contribution in [0.1, 0.15) is 24.6 Å². The molecule has 0 unspecified atom stereocenters. The Labute approximate surface area is 111 Å². The largest absolute Gasteiger partial charge is 0.368 e. The maximum Gasteiger partial charge on any atom is 0.223 e. The van der Waals surface area contributed by atoms with Crippen molar-refractivity contribution < 1.29 is 0 Å². The summed E-state index contributed by atoms with van der Waals surface area (Å²) in [4.78, 5) is 13.4. The number of aryl methyl sites for hydroxylation is 1. The van der Waals surface area contributed by atoms with Gasteiger partial charge >= 0.3 is 0 Å². The predicted octanol–water partition coefficient (Wildman–Crippen LogP) is 2.82. The molecule has 0 amide bonds. The molecule has 0 spiro atoms. The molecule has 0 atom stereocenters. The Morgan fingerprint density at radius 2 is 2.06 bits per heavy atom. The second kappa shape index (κ2) is 4.39. The van der Waals surface area contributed by atoms with Crippen molar-refractivity contribution in [1.29, 1.82) is 0 Å². The lowest BCUT2D eigenvalue weighted by Crippen LogP contribution is -2.33. The molecule has 1 saturated heterocycles. The topological polar surface area (TPSA) is 55.0 Å². The Morgan fingerprint density at radius 1 is 1.33 bits per heavy atom. The SMILES string of the molecule is Cc1cc2c(N3CCC(C)CC3)nc(N)nc2s1. The number of rotatable bonds is 1. The van der Waals surface area contributed by atoms with Crippen LogP contribution in [0, 0.1) is 12.8 Å². The van der Waals surface area contributed by atoms with Crippen LogP contribution >= 0.6 is 11.3 Å². The van der Waals surface area contributed by atoms with Gasteiger partial charge < -0.3 is 10.6 Å². The summed E-state index contributed by atoms with van der Waals surface area (Å²) in [5.41, 5.74) is 5.83. The molecule has 0 radical (unpaired) electrons. The maximum absolute atomic E-state index is 5.83. The van der Waals surface area contributed by atoms with Gasteiger partial charge in [0.05, 0.1) is 5.39 Å². The number of nitrogen functional groups attached to an aromatic ring is 1. The van der Waals surface area contributed by atoms with Crippen molar-refractivity contribution in [2.24, 2.45) is 5.92 Å². The molecule has 4 nitrogen and oxygen atoms in total. The third-order valence-corrected chi connectivity index (χ3v) is 4.54. The fourth-order valence-electron chi connectivity index (χ4n) is 2.50. The van der Waals surface area contributed by atoms with Gasteiger partial charge in [0.2, 0.25) is 5.95 Å². The van der Waals surface area contributed by atoms with Gasteiger partial charge in [-0.2, -0.15) is 4.98 Å². The first-order valence-electron chi connectivity index (χ1n) is 6.42. The van der Waals surface area contributed by atoms with Gasteiger partial charge in [0.1, 0.15) is 10.6 Å². The molecule has 0 bridgehead atoms. The molecule has 18 heavy (non-hydrogen) atoms. The van der Waals surface area contributed by atoms with Crippen LogP contribution in [-0.4, -0.2) is 23.1 Å². The molecule has 2 N–H and O–H groups in total. The zero-order valence-electron chi connectivity index (χ0n) is 10.8.